The zero-order valence-corrected chi connectivity index (χ0v) is 11.8. The number of pyridine rings is 1. The van der Waals surface area contributed by atoms with Crippen molar-refractivity contribution in [3.8, 4) is 0 Å². The van der Waals surface area contributed by atoms with Gasteiger partial charge in [0.1, 0.15) is 0 Å². The van der Waals surface area contributed by atoms with Gasteiger partial charge in [0, 0.05) is 30.0 Å². The predicted molar refractivity (Wildman–Crippen MR) is 70.3 cm³/mol. The summed E-state index contributed by atoms with van der Waals surface area (Å²) < 4.78 is 0.718. The van der Waals surface area contributed by atoms with E-state index in [1.807, 2.05) is 6.92 Å². The van der Waals surface area contributed by atoms with Gasteiger partial charge in [0.2, 0.25) is 0 Å². The Bertz CT molecular complexity index is 451. The first kappa shape index (κ1) is 14.6. The van der Waals surface area contributed by atoms with Crippen LogP contribution in [0.15, 0.2) is 22.9 Å². The predicted octanol–water partition coefficient (Wildman–Crippen LogP) is 2.03. The number of hydrogen-bond acceptors (Lipinski definition) is 3. The molecule has 0 saturated carbocycles. The van der Waals surface area contributed by atoms with Crippen LogP contribution in [-0.2, 0) is 4.79 Å². The molecule has 1 amide bonds. The van der Waals surface area contributed by atoms with E-state index < -0.39 is 11.9 Å². The summed E-state index contributed by atoms with van der Waals surface area (Å²) in [7, 11) is 0. The Kier molecular flexibility index (Phi) is 5.27. The minimum Gasteiger partial charge on any atom is -0.481 e. The topological polar surface area (TPSA) is 70.5 Å². The molecule has 0 spiro atoms. The molecule has 0 aliphatic rings. The van der Waals surface area contributed by atoms with E-state index in [0.29, 0.717) is 12.1 Å². The molecule has 1 heterocycles. The number of rotatable bonds is 5. The molecule has 1 rings (SSSR count). The Hall–Kier alpha value is -1.43. The zero-order chi connectivity index (χ0) is 13.7. The number of halogens is 1. The number of aromatic nitrogens is 1. The monoisotopic (exact) mass is 314 g/mol. The van der Waals surface area contributed by atoms with Gasteiger partial charge in [0.05, 0.1) is 11.5 Å². The highest BCUT2D eigenvalue weighted by Gasteiger charge is 2.20. The summed E-state index contributed by atoms with van der Waals surface area (Å²) in [6.45, 7) is 4.05. The normalized spacial score (nSPS) is 11.9. The molecule has 6 heteroatoms. The first-order valence-electron chi connectivity index (χ1n) is 5.58. The van der Waals surface area contributed by atoms with Gasteiger partial charge >= 0.3 is 5.97 Å². The van der Waals surface area contributed by atoms with Crippen molar-refractivity contribution in [1.29, 1.82) is 0 Å². The molecular formula is C12H15BrN2O3. The number of carboxylic acid groups (broad SMARTS) is 1. The molecule has 0 aliphatic heterocycles. The molecule has 5 nitrogen and oxygen atoms in total. The second-order valence-corrected chi connectivity index (χ2v) is 4.89. The Morgan fingerprint density at radius 3 is 2.67 bits per heavy atom. The fraction of sp³-hybridized carbons (Fsp3) is 0.417. The van der Waals surface area contributed by atoms with Crippen LogP contribution >= 0.6 is 15.9 Å². The van der Waals surface area contributed by atoms with Crippen LogP contribution < -0.4 is 0 Å². The third kappa shape index (κ3) is 3.80. The maximum absolute atomic E-state index is 12.2. The summed E-state index contributed by atoms with van der Waals surface area (Å²) in [5.74, 6) is -1.71. The van der Waals surface area contributed by atoms with Crippen molar-refractivity contribution in [2.75, 3.05) is 13.1 Å². The molecule has 1 atom stereocenters. The van der Waals surface area contributed by atoms with Gasteiger partial charge < -0.3 is 10.0 Å². The third-order valence-electron chi connectivity index (χ3n) is 2.54. The van der Waals surface area contributed by atoms with E-state index in [1.54, 1.807) is 19.2 Å². The first-order valence-corrected chi connectivity index (χ1v) is 6.37. The Balaban J connectivity index is 2.82. The number of carbonyl (C=O) groups is 2. The van der Waals surface area contributed by atoms with E-state index in [4.69, 9.17) is 5.11 Å². The second-order valence-electron chi connectivity index (χ2n) is 3.97. The maximum atomic E-state index is 12.2. The Morgan fingerprint density at radius 2 is 2.17 bits per heavy atom. The quantitative estimate of drug-likeness (QED) is 0.902. The van der Waals surface area contributed by atoms with Crippen molar-refractivity contribution < 1.29 is 14.7 Å². The zero-order valence-electron chi connectivity index (χ0n) is 10.3. The first-order chi connectivity index (χ1) is 8.45. The highest BCUT2D eigenvalue weighted by Crippen LogP contribution is 2.12. The van der Waals surface area contributed by atoms with Gasteiger partial charge in [0.25, 0.3) is 5.91 Å². The number of amides is 1. The van der Waals surface area contributed by atoms with Gasteiger partial charge in [-0.05, 0) is 28.9 Å². The van der Waals surface area contributed by atoms with E-state index in [1.165, 1.54) is 11.1 Å². The van der Waals surface area contributed by atoms with Gasteiger partial charge in [-0.15, -0.1) is 0 Å². The number of carboxylic acids is 1. The van der Waals surface area contributed by atoms with E-state index in [0.717, 1.165) is 4.47 Å². The van der Waals surface area contributed by atoms with Crippen LogP contribution in [-0.4, -0.2) is 40.0 Å². The van der Waals surface area contributed by atoms with Gasteiger partial charge in [-0.2, -0.15) is 0 Å². The van der Waals surface area contributed by atoms with Crippen LogP contribution in [0.1, 0.15) is 24.2 Å². The summed E-state index contributed by atoms with van der Waals surface area (Å²) in [5.41, 5.74) is 0.448. The SMILES string of the molecule is CCN(CC(C)C(=O)O)C(=O)c1cncc(Br)c1. The smallest absolute Gasteiger partial charge is 0.308 e. The maximum Gasteiger partial charge on any atom is 0.308 e. The van der Waals surface area contributed by atoms with Crippen LogP contribution in [0, 0.1) is 5.92 Å². The minimum atomic E-state index is -0.909. The van der Waals surface area contributed by atoms with E-state index in [-0.39, 0.29) is 12.5 Å². The Morgan fingerprint density at radius 1 is 1.50 bits per heavy atom. The molecule has 1 aromatic rings. The lowest BCUT2D eigenvalue weighted by Gasteiger charge is -2.22. The summed E-state index contributed by atoms with van der Waals surface area (Å²) in [4.78, 5) is 28.4. The van der Waals surface area contributed by atoms with Crippen molar-refractivity contribution in [3.63, 3.8) is 0 Å². The van der Waals surface area contributed by atoms with Crippen molar-refractivity contribution in [3.05, 3.63) is 28.5 Å². The van der Waals surface area contributed by atoms with Crippen molar-refractivity contribution in [2.24, 2.45) is 5.92 Å². The lowest BCUT2D eigenvalue weighted by molar-refractivity contribution is -0.141. The molecule has 0 bridgehead atoms. The average molecular weight is 315 g/mol. The molecule has 0 radical (unpaired) electrons. The van der Waals surface area contributed by atoms with Crippen molar-refractivity contribution >= 4 is 27.8 Å². The lowest BCUT2D eigenvalue weighted by Crippen LogP contribution is -2.36. The van der Waals surface area contributed by atoms with Gasteiger partial charge in [-0.3, -0.25) is 14.6 Å². The Labute approximate surface area is 114 Å². The molecule has 0 aromatic carbocycles. The summed E-state index contributed by atoms with van der Waals surface area (Å²) in [6, 6.07) is 1.67. The highest BCUT2D eigenvalue weighted by atomic mass is 79.9. The van der Waals surface area contributed by atoms with Crippen LogP contribution in [0.3, 0.4) is 0 Å². The van der Waals surface area contributed by atoms with Gasteiger partial charge in [-0.1, -0.05) is 6.92 Å². The van der Waals surface area contributed by atoms with E-state index in [9.17, 15) is 9.59 Å². The van der Waals surface area contributed by atoms with E-state index >= 15 is 0 Å². The van der Waals surface area contributed by atoms with Crippen LogP contribution in [0.2, 0.25) is 0 Å². The summed E-state index contributed by atoms with van der Waals surface area (Å²) in [6.07, 6.45) is 3.06. The van der Waals surface area contributed by atoms with E-state index in [2.05, 4.69) is 20.9 Å². The van der Waals surface area contributed by atoms with Crippen LogP contribution in [0.4, 0.5) is 0 Å². The standard InChI is InChI=1S/C12H15BrN2O3/c1-3-15(7-8(2)12(17)18)11(16)9-4-10(13)6-14-5-9/h4-6,8H,3,7H2,1-2H3,(H,17,18). The molecule has 0 aliphatic carbocycles. The highest BCUT2D eigenvalue weighted by molar-refractivity contribution is 9.10. The number of hydrogen-bond donors (Lipinski definition) is 1. The largest absolute Gasteiger partial charge is 0.481 e. The summed E-state index contributed by atoms with van der Waals surface area (Å²) >= 11 is 3.25. The molecule has 0 saturated heterocycles. The fourth-order valence-corrected chi connectivity index (χ4v) is 1.84. The number of nitrogens with zero attached hydrogens (tertiary/aromatic N) is 2. The second kappa shape index (κ2) is 6.49. The number of aliphatic carboxylic acids is 1. The number of carbonyl (C=O) groups excluding carboxylic acids is 1. The van der Waals surface area contributed by atoms with Gasteiger partial charge in [0.15, 0.2) is 0 Å². The molecule has 1 N–H and O–H groups in total. The van der Waals surface area contributed by atoms with Crippen molar-refractivity contribution in [2.45, 2.75) is 13.8 Å². The average Bonchev–Trinajstić information content (AvgIpc) is 2.34. The molecular weight excluding hydrogens is 300 g/mol. The van der Waals surface area contributed by atoms with Crippen LogP contribution in [0.25, 0.3) is 0 Å². The molecule has 1 unspecified atom stereocenters. The van der Waals surface area contributed by atoms with Gasteiger partial charge in [-0.25, -0.2) is 0 Å². The van der Waals surface area contributed by atoms with Crippen molar-refractivity contribution in [1.82, 2.24) is 9.88 Å². The minimum absolute atomic E-state index is 0.192. The fourth-order valence-electron chi connectivity index (χ4n) is 1.48. The molecule has 1 aromatic heterocycles. The molecule has 98 valence electrons. The molecule has 0 fully saturated rings. The lowest BCUT2D eigenvalue weighted by atomic mass is 10.1. The van der Waals surface area contributed by atoms with Crippen LogP contribution in [0.5, 0.6) is 0 Å². The molecule has 18 heavy (non-hydrogen) atoms. The summed E-state index contributed by atoms with van der Waals surface area (Å²) in [5, 5.41) is 8.87. The third-order valence-corrected chi connectivity index (χ3v) is 2.97.